The number of nitrogens with one attached hydrogen (secondary N) is 3. The van der Waals surface area contributed by atoms with Crippen LogP contribution < -0.4 is 16.0 Å². The fraction of sp³-hybridized carbons (Fsp3) is 0.273. The highest BCUT2D eigenvalue weighted by Crippen LogP contribution is 2.36. The first kappa shape index (κ1) is 19.5. The number of carbonyl (C=O) groups excluding carboxylic acids is 2. The van der Waals surface area contributed by atoms with Gasteiger partial charge in [-0.05, 0) is 42.3 Å². The van der Waals surface area contributed by atoms with E-state index in [-0.39, 0.29) is 30.1 Å². The standard InChI is InChI=1S/C22H22N4O2.ClH/c27-21-20(16-3-1-2-4-18(16)25-21)19-8-5-14-13-15(6-7-17(14)24-19)22(28)26-11-9-23-10-12-26;/h1-2,4-8,13,16,23-24H,3,9-12H2,(H,25,27);1H. The third kappa shape index (κ3) is 3.50. The van der Waals surface area contributed by atoms with Crippen LogP contribution in [0.2, 0.25) is 0 Å². The van der Waals surface area contributed by atoms with Gasteiger partial charge in [-0.1, -0.05) is 18.2 Å². The Kier molecular flexibility index (Phi) is 5.30. The number of hydrogen-bond acceptors (Lipinski definition) is 4. The third-order valence-corrected chi connectivity index (χ3v) is 5.70. The summed E-state index contributed by atoms with van der Waals surface area (Å²) in [5.41, 5.74) is 5.15. The van der Waals surface area contributed by atoms with E-state index in [1.54, 1.807) is 0 Å². The predicted octanol–water partition coefficient (Wildman–Crippen LogP) is 2.44. The van der Waals surface area contributed by atoms with Crippen molar-refractivity contribution in [3.05, 3.63) is 70.6 Å². The lowest BCUT2D eigenvalue weighted by Crippen LogP contribution is -2.46. The molecule has 1 aliphatic carbocycles. The molecule has 0 radical (unpaired) electrons. The van der Waals surface area contributed by atoms with Gasteiger partial charge in [-0.25, -0.2) is 0 Å². The number of fused-ring (bicyclic) bond motifs is 2. The Bertz CT molecular complexity index is 987. The van der Waals surface area contributed by atoms with Crippen LogP contribution in [0.5, 0.6) is 0 Å². The molecule has 1 unspecified atom stereocenters. The lowest BCUT2D eigenvalue weighted by molar-refractivity contribution is -0.116. The van der Waals surface area contributed by atoms with E-state index in [4.69, 9.17) is 0 Å². The highest BCUT2D eigenvalue weighted by molar-refractivity contribution is 6.02. The Labute approximate surface area is 175 Å². The summed E-state index contributed by atoms with van der Waals surface area (Å²) >= 11 is 0. The zero-order valence-corrected chi connectivity index (χ0v) is 16.7. The molecule has 1 aromatic carbocycles. The molecule has 2 saturated heterocycles. The summed E-state index contributed by atoms with van der Waals surface area (Å²) < 4.78 is 0. The summed E-state index contributed by atoms with van der Waals surface area (Å²) in [4.78, 5) is 27.1. The molecule has 0 bridgehead atoms. The number of nitrogens with zero attached hydrogens (tertiary/aromatic N) is 1. The van der Waals surface area contributed by atoms with Gasteiger partial charge in [-0.15, -0.1) is 12.4 Å². The molecule has 0 saturated carbocycles. The first-order chi connectivity index (χ1) is 13.7. The van der Waals surface area contributed by atoms with Crippen LogP contribution >= 0.6 is 12.4 Å². The van der Waals surface area contributed by atoms with Gasteiger partial charge in [-0.2, -0.15) is 0 Å². The van der Waals surface area contributed by atoms with Crippen LogP contribution in [0, 0.1) is 5.92 Å². The fourth-order valence-electron chi connectivity index (χ4n) is 4.21. The Hall–Kier alpha value is -2.83. The predicted molar refractivity (Wildman–Crippen MR) is 116 cm³/mol. The number of piperazine rings is 1. The maximum Gasteiger partial charge on any atom is 0.254 e. The normalized spacial score (nSPS) is 24.7. The second-order valence-corrected chi connectivity index (χ2v) is 7.42. The first-order valence-corrected chi connectivity index (χ1v) is 9.72. The highest BCUT2D eigenvalue weighted by atomic mass is 35.5. The maximum absolute atomic E-state index is 12.7. The molecule has 29 heavy (non-hydrogen) atoms. The van der Waals surface area contributed by atoms with E-state index in [0.717, 1.165) is 60.8 Å². The van der Waals surface area contributed by atoms with Gasteiger partial charge in [0.15, 0.2) is 0 Å². The van der Waals surface area contributed by atoms with Crippen molar-refractivity contribution in [1.29, 1.82) is 0 Å². The van der Waals surface area contributed by atoms with Gasteiger partial charge >= 0.3 is 0 Å². The lowest BCUT2D eigenvalue weighted by Gasteiger charge is -2.28. The lowest BCUT2D eigenvalue weighted by atomic mass is 9.90. The molecule has 150 valence electrons. The van der Waals surface area contributed by atoms with Crippen LogP contribution in [-0.2, 0) is 4.79 Å². The SMILES string of the molecule is Cl.O=C1NC2=CC=CCC2C1=C1C=Cc2cc(C(=O)N3CCNCC3)ccc2N1. The van der Waals surface area contributed by atoms with Crippen molar-refractivity contribution in [2.45, 2.75) is 6.42 Å². The van der Waals surface area contributed by atoms with Gasteiger partial charge in [0.1, 0.15) is 0 Å². The molecule has 2 amide bonds. The third-order valence-electron chi connectivity index (χ3n) is 5.70. The van der Waals surface area contributed by atoms with Crippen LogP contribution in [-0.4, -0.2) is 42.9 Å². The van der Waals surface area contributed by atoms with E-state index in [2.05, 4.69) is 22.0 Å². The van der Waals surface area contributed by atoms with Crippen molar-refractivity contribution in [2.24, 2.45) is 5.92 Å². The van der Waals surface area contributed by atoms with E-state index >= 15 is 0 Å². The van der Waals surface area contributed by atoms with Crippen molar-refractivity contribution in [1.82, 2.24) is 15.5 Å². The molecule has 1 atom stereocenters. The molecule has 4 aliphatic rings. The average molecular weight is 411 g/mol. The van der Waals surface area contributed by atoms with Gasteiger partial charge in [0, 0.05) is 60.3 Å². The minimum Gasteiger partial charge on any atom is -0.355 e. The van der Waals surface area contributed by atoms with E-state index in [1.807, 2.05) is 47.4 Å². The number of halogens is 1. The Balaban J connectivity index is 0.00000205. The number of hydrogen-bond donors (Lipinski definition) is 3. The quantitative estimate of drug-likeness (QED) is 0.622. The average Bonchev–Trinajstić information content (AvgIpc) is 3.08. The van der Waals surface area contributed by atoms with Gasteiger partial charge in [-0.3, -0.25) is 9.59 Å². The fourth-order valence-corrected chi connectivity index (χ4v) is 4.21. The summed E-state index contributed by atoms with van der Waals surface area (Å²) in [7, 11) is 0. The van der Waals surface area contributed by atoms with Gasteiger partial charge < -0.3 is 20.9 Å². The number of carbonyl (C=O) groups is 2. The smallest absolute Gasteiger partial charge is 0.254 e. The maximum atomic E-state index is 12.7. The molecule has 7 heteroatoms. The topological polar surface area (TPSA) is 73.5 Å². The minimum atomic E-state index is -0.0407. The Morgan fingerprint density at radius 2 is 1.93 bits per heavy atom. The summed E-state index contributed by atoms with van der Waals surface area (Å²) in [5, 5.41) is 9.63. The van der Waals surface area contributed by atoms with Crippen molar-refractivity contribution < 1.29 is 9.59 Å². The largest absolute Gasteiger partial charge is 0.355 e. The summed E-state index contributed by atoms with van der Waals surface area (Å²) in [6, 6.07) is 5.72. The number of anilines is 1. The molecule has 3 aliphatic heterocycles. The van der Waals surface area contributed by atoms with E-state index < -0.39 is 0 Å². The van der Waals surface area contributed by atoms with E-state index in [0.29, 0.717) is 5.56 Å². The molecular formula is C22H23ClN4O2. The second-order valence-electron chi connectivity index (χ2n) is 7.42. The van der Waals surface area contributed by atoms with Crippen LogP contribution in [0.15, 0.2) is 59.5 Å². The number of rotatable bonds is 1. The molecule has 3 heterocycles. The van der Waals surface area contributed by atoms with Gasteiger partial charge in [0.25, 0.3) is 11.8 Å². The monoisotopic (exact) mass is 410 g/mol. The van der Waals surface area contributed by atoms with Crippen molar-refractivity contribution >= 4 is 36.0 Å². The summed E-state index contributed by atoms with van der Waals surface area (Å²) in [6.45, 7) is 3.15. The van der Waals surface area contributed by atoms with Crippen molar-refractivity contribution in [2.75, 3.05) is 31.5 Å². The van der Waals surface area contributed by atoms with Crippen LogP contribution in [0.1, 0.15) is 22.3 Å². The minimum absolute atomic E-state index is 0. The number of allylic oxidation sites excluding steroid dienone is 5. The second kappa shape index (κ2) is 7.89. The molecule has 6 nitrogen and oxygen atoms in total. The highest BCUT2D eigenvalue weighted by Gasteiger charge is 2.35. The molecule has 0 aromatic heterocycles. The van der Waals surface area contributed by atoms with Gasteiger partial charge in [0.2, 0.25) is 0 Å². The molecule has 5 rings (SSSR count). The summed E-state index contributed by atoms with van der Waals surface area (Å²) in [5.74, 6) is 0.113. The Morgan fingerprint density at radius 1 is 1.10 bits per heavy atom. The van der Waals surface area contributed by atoms with Crippen molar-refractivity contribution in [3.63, 3.8) is 0 Å². The first-order valence-electron chi connectivity index (χ1n) is 9.72. The number of benzene rings is 1. The van der Waals surface area contributed by atoms with Crippen LogP contribution in [0.3, 0.4) is 0 Å². The van der Waals surface area contributed by atoms with E-state index in [9.17, 15) is 9.59 Å². The van der Waals surface area contributed by atoms with E-state index in [1.165, 1.54) is 0 Å². The van der Waals surface area contributed by atoms with Crippen molar-refractivity contribution in [3.8, 4) is 0 Å². The molecular weight excluding hydrogens is 388 g/mol. The summed E-state index contributed by atoms with van der Waals surface area (Å²) in [6.07, 6.45) is 10.8. The molecule has 1 aromatic rings. The number of amides is 2. The Morgan fingerprint density at radius 3 is 2.76 bits per heavy atom. The molecule has 3 N–H and O–H groups in total. The van der Waals surface area contributed by atoms with Gasteiger partial charge in [0.05, 0.1) is 0 Å². The molecule has 0 spiro atoms. The zero-order valence-electron chi connectivity index (χ0n) is 15.9. The van der Waals surface area contributed by atoms with Crippen LogP contribution in [0.25, 0.3) is 6.08 Å². The molecule has 2 fully saturated rings. The zero-order chi connectivity index (χ0) is 19.1. The van der Waals surface area contributed by atoms with Crippen LogP contribution in [0.4, 0.5) is 5.69 Å².